The Morgan fingerprint density at radius 1 is 1.38 bits per heavy atom. The van der Waals surface area contributed by atoms with Crippen LogP contribution in [0.1, 0.15) is 6.92 Å². The first-order chi connectivity index (χ1) is 12.0. The zero-order valence-electron chi connectivity index (χ0n) is 13.9. The molecule has 140 valence electrons. The molecule has 2 amide bonds. The molecule has 1 aromatic heterocycles. The largest absolute Gasteiger partial charge is 0.378 e. The van der Waals surface area contributed by atoms with Gasteiger partial charge in [0.25, 0.3) is 0 Å². The van der Waals surface area contributed by atoms with Crippen LogP contribution in [0.4, 0.5) is 15.2 Å². The maximum Gasteiger partial charge on any atom is 0.245 e. The number of carbonyl (C=O) groups is 2. The Morgan fingerprint density at radius 3 is 2.85 bits per heavy atom. The van der Waals surface area contributed by atoms with Crippen molar-refractivity contribution in [1.29, 1.82) is 0 Å². The molecule has 2 aromatic rings. The normalized spacial score (nSPS) is 16.5. The Hall–Kier alpha value is -2.07. The molecule has 3 rings (SSSR count). The minimum absolute atomic E-state index is 0. The van der Waals surface area contributed by atoms with E-state index in [-0.39, 0.29) is 24.2 Å². The van der Waals surface area contributed by atoms with Gasteiger partial charge < -0.3 is 20.7 Å². The number of carbonyl (C=O) groups excluding carboxylic acids is 2. The van der Waals surface area contributed by atoms with E-state index in [1.54, 1.807) is 11.4 Å². The third kappa shape index (κ3) is 4.98. The van der Waals surface area contributed by atoms with Crippen LogP contribution < -0.4 is 16.0 Å². The van der Waals surface area contributed by atoms with Crippen molar-refractivity contribution in [2.45, 2.75) is 13.0 Å². The number of hydrogen-bond acceptors (Lipinski definition) is 6. The van der Waals surface area contributed by atoms with E-state index >= 15 is 0 Å². The number of amides is 2. The molecule has 0 aliphatic carbocycles. The summed E-state index contributed by atoms with van der Waals surface area (Å²) in [4.78, 5) is 27.4. The lowest BCUT2D eigenvalue weighted by Crippen LogP contribution is -2.48. The maximum atomic E-state index is 14.2. The van der Waals surface area contributed by atoms with Gasteiger partial charge in [0.15, 0.2) is 5.13 Å². The van der Waals surface area contributed by atoms with Gasteiger partial charge in [0.2, 0.25) is 11.8 Å². The van der Waals surface area contributed by atoms with E-state index in [9.17, 15) is 14.0 Å². The molecule has 0 spiro atoms. The number of thiazole rings is 1. The van der Waals surface area contributed by atoms with Crippen molar-refractivity contribution in [3.63, 3.8) is 0 Å². The van der Waals surface area contributed by atoms with Crippen LogP contribution in [-0.2, 0) is 14.3 Å². The van der Waals surface area contributed by atoms with Crippen LogP contribution in [0.15, 0.2) is 23.6 Å². The average Bonchev–Trinajstić information content (AvgIpc) is 3.03. The molecule has 1 unspecified atom stereocenters. The second-order valence-electron chi connectivity index (χ2n) is 5.48. The Morgan fingerprint density at radius 2 is 2.19 bits per heavy atom. The molecule has 1 saturated heterocycles. The molecular formula is C16H18ClFN4O3S. The van der Waals surface area contributed by atoms with Gasteiger partial charge in [0, 0.05) is 30.1 Å². The van der Waals surface area contributed by atoms with Crippen LogP contribution in [0.25, 0.3) is 11.3 Å². The first-order valence-corrected chi connectivity index (χ1v) is 8.56. The Labute approximate surface area is 159 Å². The summed E-state index contributed by atoms with van der Waals surface area (Å²) in [6.07, 6.45) is 0. The summed E-state index contributed by atoms with van der Waals surface area (Å²) in [5, 5.41) is 10.3. The predicted octanol–water partition coefficient (Wildman–Crippen LogP) is 2.26. The quantitative estimate of drug-likeness (QED) is 0.732. The van der Waals surface area contributed by atoms with E-state index in [1.807, 2.05) is 0 Å². The highest BCUT2D eigenvalue weighted by Crippen LogP contribution is 2.28. The number of anilines is 2. The topological polar surface area (TPSA) is 92.4 Å². The van der Waals surface area contributed by atoms with E-state index in [0.717, 1.165) is 0 Å². The average molecular weight is 401 g/mol. The summed E-state index contributed by atoms with van der Waals surface area (Å²) >= 11 is 1.21. The highest BCUT2D eigenvalue weighted by atomic mass is 35.5. The molecule has 1 atom stereocenters. The molecule has 0 saturated carbocycles. The van der Waals surface area contributed by atoms with Gasteiger partial charge in [-0.05, 0) is 18.2 Å². The molecule has 7 nitrogen and oxygen atoms in total. The monoisotopic (exact) mass is 400 g/mol. The van der Waals surface area contributed by atoms with Crippen LogP contribution in [0.2, 0.25) is 0 Å². The molecule has 3 N–H and O–H groups in total. The van der Waals surface area contributed by atoms with E-state index in [1.165, 1.54) is 30.4 Å². The minimum atomic E-state index is -0.503. The molecule has 1 fully saturated rings. The van der Waals surface area contributed by atoms with Crippen molar-refractivity contribution in [3.05, 3.63) is 29.4 Å². The molecule has 0 bridgehead atoms. The van der Waals surface area contributed by atoms with Gasteiger partial charge in [-0.25, -0.2) is 9.37 Å². The maximum absolute atomic E-state index is 14.2. The highest BCUT2D eigenvalue weighted by Gasteiger charge is 2.22. The lowest BCUT2D eigenvalue weighted by molar-refractivity contribution is -0.120. The minimum Gasteiger partial charge on any atom is -0.378 e. The number of nitrogens with zero attached hydrogens (tertiary/aromatic N) is 1. The molecule has 26 heavy (non-hydrogen) atoms. The summed E-state index contributed by atoms with van der Waals surface area (Å²) in [6, 6.07) is 3.95. The van der Waals surface area contributed by atoms with Crippen LogP contribution in [-0.4, -0.2) is 42.6 Å². The van der Waals surface area contributed by atoms with Crippen LogP contribution in [0.5, 0.6) is 0 Å². The van der Waals surface area contributed by atoms with Crippen molar-refractivity contribution in [2.75, 3.05) is 30.4 Å². The number of halogens is 2. The van der Waals surface area contributed by atoms with Crippen molar-refractivity contribution in [3.8, 4) is 11.3 Å². The summed E-state index contributed by atoms with van der Waals surface area (Å²) in [6.45, 7) is 2.86. The smallest absolute Gasteiger partial charge is 0.245 e. The van der Waals surface area contributed by atoms with Gasteiger partial charge in [-0.3, -0.25) is 9.59 Å². The number of morpholine rings is 1. The van der Waals surface area contributed by atoms with E-state index in [2.05, 4.69) is 20.9 Å². The number of hydrogen-bond donors (Lipinski definition) is 3. The van der Waals surface area contributed by atoms with Crippen LogP contribution in [0, 0.1) is 5.82 Å². The van der Waals surface area contributed by atoms with E-state index < -0.39 is 11.9 Å². The van der Waals surface area contributed by atoms with E-state index in [0.29, 0.717) is 41.8 Å². The first-order valence-electron chi connectivity index (χ1n) is 7.68. The summed E-state index contributed by atoms with van der Waals surface area (Å²) in [5.74, 6) is -1.01. The first kappa shape index (κ1) is 20.2. The number of benzene rings is 1. The van der Waals surface area contributed by atoms with E-state index in [4.69, 9.17) is 4.74 Å². The second kappa shape index (κ2) is 9.04. The van der Waals surface area contributed by atoms with Crippen molar-refractivity contribution >= 4 is 46.4 Å². The Balaban J connectivity index is 0.00000243. The van der Waals surface area contributed by atoms with Gasteiger partial charge in [-0.15, -0.1) is 23.7 Å². The molecular weight excluding hydrogens is 383 g/mol. The summed E-state index contributed by atoms with van der Waals surface area (Å²) < 4.78 is 19.5. The van der Waals surface area contributed by atoms with Crippen molar-refractivity contribution in [2.24, 2.45) is 0 Å². The van der Waals surface area contributed by atoms with Gasteiger partial charge in [0.1, 0.15) is 11.9 Å². The number of nitrogens with one attached hydrogen (secondary N) is 3. The fourth-order valence-corrected chi connectivity index (χ4v) is 3.10. The summed E-state index contributed by atoms with van der Waals surface area (Å²) in [5.41, 5.74) is 1.09. The number of ether oxygens (including phenoxy) is 1. The third-order valence-electron chi connectivity index (χ3n) is 3.54. The Bertz CT molecular complexity index is 796. The van der Waals surface area contributed by atoms with Crippen molar-refractivity contribution in [1.82, 2.24) is 10.3 Å². The molecule has 1 aliphatic heterocycles. The van der Waals surface area contributed by atoms with Crippen LogP contribution >= 0.6 is 23.7 Å². The van der Waals surface area contributed by atoms with Gasteiger partial charge in [0.05, 0.1) is 18.9 Å². The van der Waals surface area contributed by atoms with Crippen LogP contribution in [0.3, 0.4) is 0 Å². The number of aromatic nitrogens is 1. The lowest BCUT2D eigenvalue weighted by Gasteiger charge is -2.22. The highest BCUT2D eigenvalue weighted by molar-refractivity contribution is 7.14. The molecule has 0 radical (unpaired) electrons. The molecule has 10 heteroatoms. The SMILES string of the molecule is CC(=O)Nc1ccc(-c2csc(NC(=O)C3COCCN3)n2)c(F)c1.Cl. The Kier molecular flexibility index (Phi) is 7.04. The lowest BCUT2D eigenvalue weighted by atomic mass is 10.1. The van der Waals surface area contributed by atoms with Gasteiger partial charge >= 0.3 is 0 Å². The molecule has 1 aromatic carbocycles. The fourth-order valence-electron chi connectivity index (χ4n) is 2.39. The summed E-state index contributed by atoms with van der Waals surface area (Å²) in [7, 11) is 0. The third-order valence-corrected chi connectivity index (χ3v) is 4.30. The van der Waals surface area contributed by atoms with Gasteiger partial charge in [-0.2, -0.15) is 0 Å². The molecule has 2 heterocycles. The standard InChI is InChI=1S/C16H17FN4O3S.ClH/c1-9(22)19-10-2-3-11(12(17)6-10)14-8-25-16(20-14)21-15(23)13-7-24-5-4-18-13;/h2-3,6,8,13,18H,4-5,7H2,1H3,(H,19,22)(H,20,21,23);1H. The van der Waals surface area contributed by atoms with Crippen molar-refractivity contribution < 1.29 is 18.7 Å². The fraction of sp³-hybridized carbons (Fsp3) is 0.312. The number of rotatable bonds is 4. The predicted molar refractivity (Wildman–Crippen MR) is 100 cm³/mol. The molecule has 1 aliphatic rings. The second-order valence-corrected chi connectivity index (χ2v) is 6.34. The van der Waals surface area contributed by atoms with Gasteiger partial charge in [-0.1, -0.05) is 0 Å². The zero-order valence-corrected chi connectivity index (χ0v) is 15.5. The zero-order chi connectivity index (χ0) is 17.8.